The lowest BCUT2D eigenvalue weighted by Gasteiger charge is -2.11. The number of nitrogen functional groups attached to an aromatic ring is 1. The summed E-state index contributed by atoms with van der Waals surface area (Å²) in [5.41, 5.74) is 9.40. The molecule has 1 aromatic carbocycles. The van der Waals surface area contributed by atoms with E-state index in [0.717, 1.165) is 35.2 Å². The first kappa shape index (κ1) is 20.1. The molecular formula is C19H25N7OS. The predicted molar refractivity (Wildman–Crippen MR) is 114 cm³/mol. The van der Waals surface area contributed by atoms with Gasteiger partial charge in [-0.15, -0.1) is 0 Å². The first-order chi connectivity index (χ1) is 13.4. The van der Waals surface area contributed by atoms with Crippen LogP contribution in [0.25, 0.3) is 10.9 Å². The number of benzene rings is 1. The van der Waals surface area contributed by atoms with E-state index in [1.807, 2.05) is 51.5 Å². The Morgan fingerprint density at radius 1 is 1.14 bits per heavy atom. The Kier molecular flexibility index (Phi) is 6.48. The Labute approximate surface area is 168 Å². The summed E-state index contributed by atoms with van der Waals surface area (Å²) in [6, 6.07) is 7.97. The maximum absolute atomic E-state index is 6.14. The van der Waals surface area contributed by atoms with E-state index in [4.69, 9.17) is 10.5 Å². The van der Waals surface area contributed by atoms with Crippen molar-refractivity contribution in [3.63, 3.8) is 0 Å². The number of pyridine rings is 1. The van der Waals surface area contributed by atoms with Gasteiger partial charge in [0.1, 0.15) is 0 Å². The van der Waals surface area contributed by atoms with Crippen LogP contribution in [-0.4, -0.2) is 58.3 Å². The van der Waals surface area contributed by atoms with Gasteiger partial charge in [-0.3, -0.25) is 4.98 Å². The van der Waals surface area contributed by atoms with E-state index in [0.29, 0.717) is 29.4 Å². The molecule has 3 N–H and O–H groups in total. The largest absolute Gasteiger partial charge is 0.463 e. The fraction of sp³-hybridized carbons (Fsp3) is 0.368. The minimum atomic E-state index is 0.318. The smallest absolute Gasteiger partial charge is 0.322 e. The van der Waals surface area contributed by atoms with Crippen molar-refractivity contribution in [3.8, 4) is 6.01 Å². The highest BCUT2D eigenvalue weighted by Gasteiger charge is 2.09. The zero-order chi connectivity index (χ0) is 20.1. The summed E-state index contributed by atoms with van der Waals surface area (Å²) in [6.07, 6.45) is 2.81. The summed E-state index contributed by atoms with van der Waals surface area (Å²) in [7, 11) is 4.06. The molecule has 0 bridgehead atoms. The minimum absolute atomic E-state index is 0.318. The van der Waals surface area contributed by atoms with Gasteiger partial charge in [0.2, 0.25) is 5.95 Å². The molecule has 0 saturated heterocycles. The second-order valence-corrected chi connectivity index (χ2v) is 7.42. The summed E-state index contributed by atoms with van der Waals surface area (Å²) in [5, 5.41) is 4.69. The fourth-order valence-electron chi connectivity index (χ4n) is 2.69. The lowest BCUT2D eigenvalue weighted by Crippen LogP contribution is -2.16. The molecule has 0 unspecified atom stereocenters. The van der Waals surface area contributed by atoms with Crippen molar-refractivity contribution >= 4 is 40.0 Å². The molecule has 28 heavy (non-hydrogen) atoms. The summed E-state index contributed by atoms with van der Waals surface area (Å²) in [6.45, 7) is 3.42. The highest BCUT2D eigenvalue weighted by Crippen LogP contribution is 2.26. The molecule has 0 saturated carbocycles. The van der Waals surface area contributed by atoms with Gasteiger partial charge in [0.25, 0.3) is 0 Å². The zero-order valence-corrected chi connectivity index (χ0v) is 17.4. The molecule has 3 aromatic rings. The summed E-state index contributed by atoms with van der Waals surface area (Å²) >= 11 is 1.44. The maximum atomic E-state index is 6.14. The third kappa shape index (κ3) is 5.20. The normalized spacial score (nSPS) is 11.2. The van der Waals surface area contributed by atoms with Gasteiger partial charge in [0.15, 0.2) is 5.16 Å². The minimum Gasteiger partial charge on any atom is -0.463 e. The van der Waals surface area contributed by atoms with Crippen LogP contribution in [0.1, 0.15) is 12.1 Å². The van der Waals surface area contributed by atoms with Crippen molar-refractivity contribution in [2.45, 2.75) is 18.5 Å². The van der Waals surface area contributed by atoms with Crippen LogP contribution in [0, 0.1) is 6.92 Å². The van der Waals surface area contributed by atoms with Crippen molar-refractivity contribution in [2.24, 2.45) is 0 Å². The van der Waals surface area contributed by atoms with Crippen molar-refractivity contribution in [1.29, 1.82) is 0 Å². The molecule has 3 rings (SSSR count). The highest BCUT2D eigenvalue weighted by atomic mass is 32.2. The molecule has 0 aliphatic carbocycles. The SMILES string of the molecule is CSc1nc(Nc2ccc3nc(C)cc(N)c3c2)nc(OCCCN(C)C)n1. The molecule has 0 atom stereocenters. The first-order valence-corrected chi connectivity index (χ1v) is 10.2. The number of thioether (sulfide) groups is 1. The standard InChI is InChI=1S/C19H25N7OS/c1-12-10-15(20)14-11-13(6-7-16(14)21-12)22-17-23-18(25-19(24-17)28-4)27-9-5-8-26(2)3/h6-7,10-11H,5,8-9H2,1-4H3,(H2,20,21)(H,22,23,24,25). The summed E-state index contributed by atoms with van der Waals surface area (Å²) in [4.78, 5) is 19.7. The zero-order valence-electron chi connectivity index (χ0n) is 16.6. The molecule has 0 spiro atoms. The molecule has 2 aromatic heterocycles. The number of nitrogens with two attached hydrogens (primary N) is 1. The van der Waals surface area contributed by atoms with Crippen LogP contribution in [0.3, 0.4) is 0 Å². The molecule has 0 radical (unpaired) electrons. The van der Waals surface area contributed by atoms with Crippen LogP contribution in [-0.2, 0) is 0 Å². The Hall–Kier alpha value is -2.65. The Bertz CT molecular complexity index is 964. The molecule has 0 amide bonds. The number of hydrogen-bond donors (Lipinski definition) is 2. The van der Waals surface area contributed by atoms with E-state index in [1.54, 1.807) is 0 Å². The van der Waals surface area contributed by atoms with E-state index in [1.165, 1.54) is 11.8 Å². The number of anilines is 3. The van der Waals surface area contributed by atoms with E-state index in [2.05, 4.69) is 30.2 Å². The number of aryl methyl sites for hydroxylation is 1. The molecule has 2 heterocycles. The third-order valence-electron chi connectivity index (χ3n) is 3.98. The number of fused-ring (bicyclic) bond motifs is 1. The number of rotatable bonds is 8. The molecule has 0 fully saturated rings. The molecule has 0 aliphatic rings. The van der Waals surface area contributed by atoms with Gasteiger partial charge in [-0.05, 0) is 58.0 Å². The summed E-state index contributed by atoms with van der Waals surface area (Å²) < 4.78 is 5.71. The van der Waals surface area contributed by atoms with E-state index >= 15 is 0 Å². The number of nitrogens with one attached hydrogen (secondary N) is 1. The lowest BCUT2D eigenvalue weighted by molar-refractivity contribution is 0.261. The Balaban J connectivity index is 1.79. The van der Waals surface area contributed by atoms with Crippen molar-refractivity contribution in [3.05, 3.63) is 30.0 Å². The average Bonchev–Trinajstić information content (AvgIpc) is 2.65. The van der Waals surface area contributed by atoms with Crippen LogP contribution in [0.2, 0.25) is 0 Å². The van der Waals surface area contributed by atoms with Crippen molar-refractivity contribution < 1.29 is 4.74 Å². The quantitative estimate of drug-likeness (QED) is 0.437. The number of hydrogen-bond acceptors (Lipinski definition) is 9. The van der Waals surface area contributed by atoms with Crippen LogP contribution in [0.5, 0.6) is 6.01 Å². The predicted octanol–water partition coefficient (Wildman–Crippen LogP) is 3.11. The van der Waals surface area contributed by atoms with Gasteiger partial charge in [-0.2, -0.15) is 15.0 Å². The van der Waals surface area contributed by atoms with Gasteiger partial charge in [0.05, 0.1) is 12.1 Å². The molecule has 0 aliphatic heterocycles. The Morgan fingerprint density at radius 3 is 2.71 bits per heavy atom. The highest BCUT2D eigenvalue weighted by molar-refractivity contribution is 7.98. The summed E-state index contributed by atoms with van der Waals surface area (Å²) in [5.74, 6) is 0.431. The van der Waals surface area contributed by atoms with E-state index in [-0.39, 0.29) is 0 Å². The second kappa shape index (κ2) is 9.03. The van der Waals surface area contributed by atoms with E-state index < -0.39 is 0 Å². The Morgan fingerprint density at radius 2 is 1.96 bits per heavy atom. The van der Waals surface area contributed by atoms with Crippen LogP contribution in [0.4, 0.5) is 17.3 Å². The molecule has 148 valence electrons. The van der Waals surface area contributed by atoms with Gasteiger partial charge < -0.3 is 20.7 Å². The third-order valence-corrected chi connectivity index (χ3v) is 4.53. The van der Waals surface area contributed by atoms with Gasteiger partial charge in [-0.25, -0.2) is 0 Å². The second-order valence-electron chi connectivity index (χ2n) is 6.64. The van der Waals surface area contributed by atoms with Gasteiger partial charge >= 0.3 is 6.01 Å². The molecular weight excluding hydrogens is 374 g/mol. The van der Waals surface area contributed by atoms with Crippen molar-refractivity contribution in [2.75, 3.05) is 44.6 Å². The average molecular weight is 400 g/mol. The maximum Gasteiger partial charge on any atom is 0.322 e. The fourth-order valence-corrected chi connectivity index (χ4v) is 3.04. The van der Waals surface area contributed by atoms with Crippen molar-refractivity contribution in [1.82, 2.24) is 24.8 Å². The van der Waals surface area contributed by atoms with Crippen LogP contribution >= 0.6 is 11.8 Å². The van der Waals surface area contributed by atoms with Gasteiger partial charge in [-0.1, -0.05) is 11.8 Å². The lowest BCUT2D eigenvalue weighted by atomic mass is 10.1. The number of ether oxygens (including phenoxy) is 1. The topological polar surface area (TPSA) is 102 Å². The number of aromatic nitrogens is 4. The van der Waals surface area contributed by atoms with E-state index in [9.17, 15) is 0 Å². The first-order valence-electron chi connectivity index (χ1n) is 8.96. The molecule has 9 heteroatoms. The monoisotopic (exact) mass is 399 g/mol. The van der Waals surface area contributed by atoms with Gasteiger partial charge in [0, 0.05) is 29.0 Å². The number of nitrogens with zero attached hydrogens (tertiary/aromatic N) is 5. The van der Waals surface area contributed by atoms with Crippen LogP contribution in [0.15, 0.2) is 29.4 Å². The molecule has 8 nitrogen and oxygen atoms in total. The van der Waals surface area contributed by atoms with Crippen LogP contribution < -0.4 is 15.8 Å².